The number of nitrogens with zero attached hydrogens (tertiary/aromatic N) is 4. The quantitative estimate of drug-likeness (QED) is 0.611. The van der Waals surface area contributed by atoms with Gasteiger partial charge in [0.15, 0.2) is 5.89 Å². The number of likely N-dealkylation sites (tertiary alicyclic amines) is 1. The molecule has 1 fully saturated rings. The molecule has 1 atom stereocenters. The number of carbonyl (C=O) groups is 1. The van der Waals surface area contributed by atoms with Crippen molar-refractivity contribution in [2.24, 2.45) is 0 Å². The van der Waals surface area contributed by atoms with E-state index in [0.29, 0.717) is 19.5 Å². The van der Waals surface area contributed by atoms with Crippen molar-refractivity contribution >= 4 is 17.5 Å². The maximum atomic E-state index is 12.8. The Labute approximate surface area is 175 Å². The normalized spacial score (nSPS) is 16.9. The van der Waals surface area contributed by atoms with Gasteiger partial charge in [-0.2, -0.15) is 0 Å². The zero-order valence-corrected chi connectivity index (χ0v) is 17.3. The lowest BCUT2D eigenvalue weighted by Gasteiger charge is -2.31. The van der Waals surface area contributed by atoms with Crippen LogP contribution in [0.5, 0.6) is 0 Å². The Morgan fingerprint density at radius 2 is 2.10 bits per heavy atom. The number of benzene rings is 1. The summed E-state index contributed by atoms with van der Waals surface area (Å²) in [5, 5.41) is 0.723. The number of oxazole rings is 1. The standard InChI is InChI=1S/C22H25ClN4O2/c1-2-20-24-9-11-26(20)15-21(28)27-10-3-4-17(14-27)22-25-13-19(29-22)12-16-5-7-18(23)8-6-16/h5-9,11,13,17H,2-4,10,12,14-15H2,1H3/t17-/m0/s1. The summed E-state index contributed by atoms with van der Waals surface area (Å²) in [6, 6.07) is 7.74. The van der Waals surface area contributed by atoms with E-state index in [2.05, 4.69) is 9.97 Å². The fourth-order valence-electron chi connectivity index (χ4n) is 3.85. The summed E-state index contributed by atoms with van der Waals surface area (Å²) in [5.41, 5.74) is 1.13. The van der Waals surface area contributed by atoms with Gasteiger partial charge in [-0.05, 0) is 30.5 Å². The molecule has 0 spiro atoms. The zero-order chi connectivity index (χ0) is 20.2. The number of hydrogen-bond acceptors (Lipinski definition) is 4. The van der Waals surface area contributed by atoms with Gasteiger partial charge < -0.3 is 13.9 Å². The second kappa shape index (κ2) is 8.82. The lowest BCUT2D eigenvalue weighted by atomic mass is 9.98. The molecule has 1 amide bonds. The fraction of sp³-hybridized carbons (Fsp3) is 0.409. The van der Waals surface area contributed by atoms with E-state index in [1.54, 1.807) is 12.4 Å². The summed E-state index contributed by atoms with van der Waals surface area (Å²) in [7, 11) is 0. The van der Waals surface area contributed by atoms with Crippen molar-refractivity contribution in [3.8, 4) is 0 Å². The van der Waals surface area contributed by atoms with E-state index in [1.165, 1.54) is 0 Å². The Balaban J connectivity index is 1.38. The van der Waals surface area contributed by atoms with Gasteiger partial charge in [-0.3, -0.25) is 4.79 Å². The summed E-state index contributed by atoms with van der Waals surface area (Å²) in [4.78, 5) is 23.5. The minimum Gasteiger partial charge on any atom is -0.445 e. The Bertz CT molecular complexity index is 963. The monoisotopic (exact) mass is 412 g/mol. The van der Waals surface area contributed by atoms with Crippen molar-refractivity contribution in [2.75, 3.05) is 13.1 Å². The van der Waals surface area contributed by atoms with Crippen molar-refractivity contribution < 1.29 is 9.21 Å². The lowest BCUT2D eigenvalue weighted by molar-refractivity contribution is -0.133. The van der Waals surface area contributed by atoms with Crippen LogP contribution in [0.1, 0.15) is 48.7 Å². The van der Waals surface area contributed by atoms with Crippen LogP contribution in [-0.4, -0.2) is 38.4 Å². The second-order valence-corrected chi connectivity index (χ2v) is 7.91. The van der Waals surface area contributed by atoms with E-state index >= 15 is 0 Å². The average Bonchev–Trinajstić information content (AvgIpc) is 3.39. The predicted molar refractivity (Wildman–Crippen MR) is 111 cm³/mol. The van der Waals surface area contributed by atoms with Crippen LogP contribution < -0.4 is 0 Å². The number of rotatable bonds is 6. The Morgan fingerprint density at radius 3 is 2.90 bits per heavy atom. The molecule has 0 bridgehead atoms. The number of carbonyl (C=O) groups excluding carboxylic acids is 1. The molecule has 1 aliphatic heterocycles. The minimum absolute atomic E-state index is 0.121. The van der Waals surface area contributed by atoms with Gasteiger partial charge in [0.1, 0.15) is 18.1 Å². The number of aryl methyl sites for hydroxylation is 1. The first-order valence-electron chi connectivity index (χ1n) is 10.1. The SMILES string of the molecule is CCc1nccn1CC(=O)N1CCC[C@H](c2ncc(Cc3ccc(Cl)cc3)o2)C1. The van der Waals surface area contributed by atoms with Gasteiger partial charge in [-0.25, -0.2) is 9.97 Å². The summed E-state index contributed by atoms with van der Waals surface area (Å²) in [5.74, 6) is 2.75. The van der Waals surface area contributed by atoms with Gasteiger partial charge in [0.25, 0.3) is 0 Å². The number of hydrogen-bond donors (Lipinski definition) is 0. The Kier molecular flexibility index (Phi) is 6.00. The lowest BCUT2D eigenvalue weighted by Crippen LogP contribution is -2.41. The minimum atomic E-state index is 0.121. The Morgan fingerprint density at radius 1 is 1.28 bits per heavy atom. The fourth-order valence-corrected chi connectivity index (χ4v) is 3.97. The van der Waals surface area contributed by atoms with Crippen molar-refractivity contribution in [1.29, 1.82) is 0 Å². The maximum absolute atomic E-state index is 12.8. The summed E-state index contributed by atoms with van der Waals surface area (Å²) >= 11 is 5.95. The molecular weight excluding hydrogens is 388 g/mol. The molecule has 7 heteroatoms. The van der Waals surface area contributed by atoms with Crippen molar-refractivity contribution in [3.05, 3.63) is 70.9 Å². The molecule has 0 radical (unpaired) electrons. The molecule has 6 nitrogen and oxygen atoms in total. The molecule has 29 heavy (non-hydrogen) atoms. The first kappa shape index (κ1) is 19.7. The van der Waals surface area contributed by atoms with Crippen LogP contribution in [0.15, 0.2) is 47.3 Å². The van der Waals surface area contributed by atoms with Crippen LogP contribution in [0.3, 0.4) is 0 Å². The smallest absolute Gasteiger partial charge is 0.242 e. The van der Waals surface area contributed by atoms with E-state index in [-0.39, 0.29) is 11.8 Å². The molecule has 3 heterocycles. The summed E-state index contributed by atoms with van der Waals surface area (Å²) < 4.78 is 7.96. The predicted octanol–water partition coefficient (Wildman–Crippen LogP) is 4.08. The van der Waals surface area contributed by atoms with Crippen LogP contribution in [0.2, 0.25) is 5.02 Å². The molecule has 3 aromatic rings. The zero-order valence-electron chi connectivity index (χ0n) is 16.6. The van der Waals surface area contributed by atoms with Crippen LogP contribution in [-0.2, 0) is 24.2 Å². The first-order valence-corrected chi connectivity index (χ1v) is 10.5. The number of halogens is 1. The molecule has 152 valence electrons. The molecule has 1 saturated heterocycles. The first-order chi connectivity index (χ1) is 14.1. The second-order valence-electron chi connectivity index (χ2n) is 7.47. The molecule has 0 aliphatic carbocycles. The van der Waals surface area contributed by atoms with Gasteiger partial charge in [0, 0.05) is 43.3 Å². The highest BCUT2D eigenvalue weighted by Crippen LogP contribution is 2.27. The van der Waals surface area contributed by atoms with Crippen molar-refractivity contribution in [3.63, 3.8) is 0 Å². The van der Waals surface area contributed by atoms with E-state index in [1.807, 2.05) is 46.9 Å². The highest BCUT2D eigenvalue weighted by Gasteiger charge is 2.28. The molecule has 0 N–H and O–H groups in total. The Hall–Kier alpha value is -2.60. The number of imidazole rings is 1. The third-order valence-corrected chi connectivity index (χ3v) is 5.66. The third kappa shape index (κ3) is 4.70. The molecule has 4 rings (SSSR count). The van der Waals surface area contributed by atoms with E-state index < -0.39 is 0 Å². The summed E-state index contributed by atoms with van der Waals surface area (Å²) in [6.07, 6.45) is 8.85. The van der Waals surface area contributed by atoms with Crippen LogP contribution in [0.4, 0.5) is 0 Å². The average molecular weight is 413 g/mol. The molecule has 0 unspecified atom stereocenters. The maximum Gasteiger partial charge on any atom is 0.242 e. The number of aromatic nitrogens is 3. The molecule has 1 aromatic carbocycles. The number of piperidine rings is 1. The van der Waals surface area contributed by atoms with Gasteiger partial charge in [0.05, 0.1) is 12.1 Å². The van der Waals surface area contributed by atoms with Crippen molar-refractivity contribution in [1.82, 2.24) is 19.4 Å². The van der Waals surface area contributed by atoms with Crippen LogP contribution >= 0.6 is 11.6 Å². The van der Waals surface area contributed by atoms with E-state index in [4.69, 9.17) is 16.0 Å². The van der Waals surface area contributed by atoms with Crippen LogP contribution in [0, 0.1) is 0 Å². The van der Waals surface area contributed by atoms with Crippen LogP contribution in [0.25, 0.3) is 0 Å². The van der Waals surface area contributed by atoms with Gasteiger partial charge in [0.2, 0.25) is 5.91 Å². The van der Waals surface area contributed by atoms with E-state index in [9.17, 15) is 4.79 Å². The van der Waals surface area contributed by atoms with Gasteiger partial charge in [-0.1, -0.05) is 30.7 Å². The molecule has 0 saturated carbocycles. The topological polar surface area (TPSA) is 64.2 Å². The highest BCUT2D eigenvalue weighted by molar-refractivity contribution is 6.30. The van der Waals surface area contributed by atoms with Crippen molar-refractivity contribution in [2.45, 2.75) is 45.1 Å². The van der Waals surface area contributed by atoms with Gasteiger partial charge >= 0.3 is 0 Å². The molecule has 1 aliphatic rings. The highest BCUT2D eigenvalue weighted by atomic mass is 35.5. The molecule has 2 aromatic heterocycles. The summed E-state index contributed by atoms with van der Waals surface area (Å²) in [6.45, 7) is 3.81. The number of amides is 1. The third-order valence-electron chi connectivity index (χ3n) is 5.41. The molecular formula is C22H25ClN4O2. The largest absolute Gasteiger partial charge is 0.445 e. The van der Waals surface area contributed by atoms with E-state index in [0.717, 1.165) is 53.9 Å². The van der Waals surface area contributed by atoms with Gasteiger partial charge in [-0.15, -0.1) is 0 Å².